The minimum Gasteiger partial charge on any atom is -0.481 e. The highest BCUT2D eigenvalue weighted by atomic mass is 16.4. The molecule has 1 aliphatic carbocycles. The summed E-state index contributed by atoms with van der Waals surface area (Å²) in [6.45, 7) is 0. The number of carboxylic acid groups (broad SMARTS) is 1. The minimum absolute atomic E-state index is 0.174. The number of hydrogen-bond acceptors (Lipinski definition) is 4. The van der Waals surface area contributed by atoms with E-state index in [2.05, 4.69) is 17.2 Å². The average Bonchev–Trinajstić information content (AvgIpc) is 2.97. The predicted molar refractivity (Wildman–Crippen MR) is 109 cm³/mol. The first-order chi connectivity index (χ1) is 14.3. The van der Waals surface area contributed by atoms with Crippen molar-refractivity contribution in [3.63, 3.8) is 0 Å². The van der Waals surface area contributed by atoms with Crippen LogP contribution in [0.4, 0.5) is 0 Å². The SMILES string of the molecule is Cn1c(=O)n(C2CCC(=O)NC2=O)c2ccc(C#C[C@H]3CC[C@H](C(=O)O)CC3)cc21. The highest BCUT2D eigenvalue weighted by Crippen LogP contribution is 2.29. The fourth-order valence-corrected chi connectivity index (χ4v) is 4.34. The first-order valence-corrected chi connectivity index (χ1v) is 10.1. The number of carboxylic acids is 1. The maximum atomic E-state index is 12.8. The third-order valence-corrected chi connectivity index (χ3v) is 6.11. The number of hydrogen-bond donors (Lipinski definition) is 2. The summed E-state index contributed by atoms with van der Waals surface area (Å²) in [7, 11) is 1.65. The Labute approximate surface area is 172 Å². The number of nitrogens with zero attached hydrogens (tertiary/aromatic N) is 2. The number of carbonyl (C=O) groups is 3. The summed E-state index contributed by atoms with van der Waals surface area (Å²) in [6.07, 6.45) is 3.35. The maximum Gasteiger partial charge on any atom is 0.329 e. The first kappa shape index (κ1) is 20.0. The van der Waals surface area contributed by atoms with Crippen LogP contribution in [0, 0.1) is 23.7 Å². The summed E-state index contributed by atoms with van der Waals surface area (Å²) in [6, 6.07) is 4.72. The van der Waals surface area contributed by atoms with Crippen LogP contribution in [-0.2, 0) is 21.4 Å². The Bertz CT molecular complexity index is 1160. The summed E-state index contributed by atoms with van der Waals surface area (Å²) in [4.78, 5) is 47.6. The number of amides is 2. The van der Waals surface area contributed by atoms with Gasteiger partial charge in [0.05, 0.1) is 17.0 Å². The second-order valence-electron chi connectivity index (χ2n) is 8.04. The molecule has 2 fully saturated rings. The highest BCUT2D eigenvalue weighted by molar-refractivity contribution is 6.00. The largest absolute Gasteiger partial charge is 0.481 e. The Kier molecular flexibility index (Phi) is 5.20. The van der Waals surface area contributed by atoms with Crippen molar-refractivity contribution in [3.05, 3.63) is 34.2 Å². The third-order valence-electron chi connectivity index (χ3n) is 6.11. The van der Waals surface area contributed by atoms with Crippen LogP contribution in [0.15, 0.2) is 23.0 Å². The maximum absolute atomic E-state index is 12.8. The summed E-state index contributed by atoms with van der Waals surface area (Å²) in [5.74, 6) is 4.80. The average molecular weight is 409 g/mol. The van der Waals surface area contributed by atoms with Crippen molar-refractivity contribution in [2.45, 2.75) is 44.6 Å². The summed E-state index contributed by atoms with van der Waals surface area (Å²) >= 11 is 0. The molecule has 8 heteroatoms. The monoisotopic (exact) mass is 409 g/mol. The van der Waals surface area contributed by atoms with Crippen LogP contribution in [0.3, 0.4) is 0 Å². The van der Waals surface area contributed by atoms with Gasteiger partial charge < -0.3 is 5.11 Å². The zero-order valence-electron chi connectivity index (χ0n) is 16.7. The molecular formula is C22H23N3O5. The van der Waals surface area contributed by atoms with Gasteiger partial charge in [0.2, 0.25) is 11.8 Å². The van der Waals surface area contributed by atoms with Gasteiger partial charge in [-0.15, -0.1) is 0 Å². The molecule has 1 unspecified atom stereocenters. The van der Waals surface area contributed by atoms with E-state index in [-0.39, 0.29) is 29.9 Å². The van der Waals surface area contributed by atoms with Crippen LogP contribution in [0.2, 0.25) is 0 Å². The van der Waals surface area contributed by atoms with E-state index in [0.29, 0.717) is 30.3 Å². The molecule has 1 aromatic heterocycles. The number of nitrogens with one attached hydrogen (secondary N) is 1. The van der Waals surface area contributed by atoms with Gasteiger partial charge in [0, 0.05) is 24.9 Å². The van der Waals surface area contributed by atoms with E-state index < -0.39 is 17.9 Å². The van der Waals surface area contributed by atoms with E-state index in [4.69, 9.17) is 5.11 Å². The number of aryl methyl sites for hydroxylation is 1. The molecule has 1 atom stereocenters. The molecule has 0 radical (unpaired) electrons. The predicted octanol–water partition coefficient (Wildman–Crippen LogP) is 1.56. The first-order valence-electron chi connectivity index (χ1n) is 10.1. The van der Waals surface area contributed by atoms with Crippen molar-refractivity contribution < 1.29 is 19.5 Å². The second kappa shape index (κ2) is 7.82. The lowest BCUT2D eigenvalue weighted by Crippen LogP contribution is -2.44. The van der Waals surface area contributed by atoms with Crippen molar-refractivity contribution >= 4 is 28.8 Å². The van der Waals surface area contributed by atoms with Gasteiger partial charge in [-0.25, -0.2) is 4.79 Å². The van der Waals surface area contributed by atoms with Crippen LogP contribution in [0.25, 0.3) is 11.0 Å². The molecule has 30 heavy (non-hydrogen) atoms. The van der Waals surface area contributed by atoms with E-state index in [1.807, 2.05) is 12.1 Å². The lowest BCUT2D eigenvalue weighted by atomic mass is 9.82. The molecule has 156 valence electrons. The number of aliphatic carboxylic acids is 1. The Morgan fingerprint density at radius 2 is 1.83 bits per heavy atom. The van der Waals surface area contributed by atoms with Crippen molar-refractivity contribution in [2.75, 3.05) is 0 Å². The highest BCUT2D eigenvalue weighted by Gasteiger charge is 2.31. The van der Waals surface area contributed by atoms with Gasteiger partial charge in [-0.2, -0.15) is 0 Å². The number of fused-ring (bicyclic) bond motifs is 1. The normalized spacial score (nSPS) is 24.2. The summed E-state index contributed by atoms with van der Waals surface area (Å²) < 4.78 is 2.93. The Morgan fingerprint density at radius 3 is 2.50 bits per heavy atom. The van der Waals surface area contributed by atoms with E-state index >= 15 is 0 Å². The summed E-state index contributed by atoms with van der Waals surface area (Å²) in [5, 5.41) is 11.4. The van der Waals surface area contributed by atoms with Gasteiger partial charge in [0.15, 0.2) is 0 Å². The van der Waals surface area contributed by atoms with E-state index in [1.54, 1.807) is 13.1 Å². The topological polar surface area (TPSA) is 110 Å². The number of aromatic nitrogens is 2. The Hall–Kier alpha value is -3.34. The lowest BCUT2D eigenvalue weighted by molar-refractivity contribution is -0.143. The van der Waals surface area contributed by atoms with Gasteiger partial charge in [-0.1, -0.05) is 11.8 Å². The van der Waals surface area contributed by atoms with Crippen LogP contribution in [0.1, 0.15) is 50.1 Å². The Morgan fingerprint density at radius 1 is 1.10 bits per heavy atom. The molecule has 0 bridgehead atoms. The Balaban J connectivity index is 1.60. The van der Waals surface area contributed by atoms with Gasteiger partial charge in [-0.3, -0.25) is 28.8 Å². The fraction of sp³-hybridized carbons (Fsp3) is 0.455. The molecular weight excluding hydrogens is 386 g/mol. The number of rotatable bonds is 2. The van der Waals surface area contributed by atoms with Gasteiger partial charge in [0.25, 0.3) is 0 Å². The van der Waals surface area contributed by atoms with Crippen molar-refractivity contribution in [1.29, 1.82) is 0 Å². The number of imide groups is 1. The molecule has 4 rings (SSSR count). The van der Waals surface area contributed by atoms with Crippen LogP contribution in [0.5, 0.6) is 0 Å². The van der Waals surface area contributed by atoms with Crippen molar-refractivity contribution in [1.82, 2.24) is 14.5 Å². The van der Waals surface area contributed by atoms with Gasteiger partial charge >= 0.3 is 11.7 Å². The molecule has 2 aromatic rings. The molecule has 1 saturated heterocycles. The smallest absolute Gasteiger partial charge is 0.329 e. The van der Waals surface area contributed by atoms with Crippen LogP contribution < -0.4 is 11.0 Å². The number of piperidine rings is 1. The zero-order valence-corrected chi connectivity index (χ0v) is 16.7. The number of benzene rings is 1. The molecule has 1 aliphatic heterocycles. The van der Waals surface area contributed by atoms with E-state index in [1.165, 1.54) is 9.13 Å². The molecule has 2 amide bonds. The standard InChI is InChI=1S/C22H23N3O5/c1-24-18-12-14(3-2-13-4-7-15(8-5-13)21(28)29)6-9-16(18)25(22(24)30)17-10-11-19(26)23-20(17)27/h6,9,12-13,15,17H,4-5,7-8,10-11H2,1H3,(H,28,29)(H,23,26,27)/t13-,15-,17?. The van der Waals surface area contributed by atoms with Gasteiger partial charge in [0.1, 0.15) is 6.04 Å². The number of imidazole rings is 1. The zero-order chi connectivity index (χ0) is 21.4. The second-order valence-corrected chi connectivity index (χ2v) is 8.04. The van der Waals surface area contributed by atoms with Crippen LogP contribution >= 0.6 is 0 Å². The molecule has 2 aliphatic rings. The van der Waals surface area contributed by atoms with E-state index in [9.17, 15) is 19.2 Å². The quantitative estimate of drug-likeness (QED) is 0.578. The molecule has 1 saturated carbocycles. The van der Waals surface area contributed by atoms with Crippen molar-refractivity contribution in [3.8, 4) is 11.8 Å². The van der Waals surface area contributed by atoms with Crippen molar-refractivity contribution in [2.24, 2.45) is 18.9 Å². The number of carbonyl (C=O) groups excluding carboxylic acids is 2. The fourth-order valence-electron chi connectivity index (χ4n) is 4.34. The minimum atomic E-state index is -0.728. The van der Waals surface area contributed by atoms with Crippen LogP contribution in [-0.4, -0.2) is 32.0 Å². The van der Waals surface area contributed by atoms with E-state index in [0.717, 1.165) is 18.4 Å². The molecule has 8 nitrogen and oxygen atoms in total. The molecule has 1 aromatic carbocycles. The third kappa shape index (κ3) is 3.63. The lowest BCUT2D eigenvalue weighted by Gasteiger charge is -2.22. The van der Waals surface area contributed by atoms with Gasteiger partial charge in [-0.05, 0) is 50.3 Å². The molecule has 0 spiro atoms. The molecule has 2 heterocycles. The summed E-state index contributed by atoms with van der Waals surface area (Å²) in [5.41, 5.74) is 1.76. The molecule has 2 N–H and O–H groups in total.